The normalized spacial score (nSPS) is 29.0. The number of nitrogens with zero attached hydrogens (tertiary/aromatic N) is 1. The van der Waals surface area contributed by atoms with Crippen molar-refractivity contribution < 1.29 is 28.9 Å². The van der Waals surface area contributed by atoms with E-state index < -0.39 is 12.1 Å². The largest absolute Gasteiger partial charge is 0.493 e. The first-order valence-corrected chi connectivity index (χ1v) is 12.2. The smallest absolute Gasteiger partial charge is 0.412 e. The van der Waals surface area contributed by atoms with Crippen LogP contribution in [0.5, 0.6) is 11.5 Å². The number of likely N-dealkylation sites (tertiary alicyclic amines) is 1. The highest BCUT2D eigenvalue weighted by molar-refractivity contribution is 5.70. The maximum atomic E-state index is 12.5. The Kier molecular flexibility index (Phi) is 7.36. The molecule has 8 heteroatoms. The molecule has 4 rings (SSSR count). The number of ether oxygens (including phenoxy) is 3. The van der Waals surface area contributed by atoms with Crippen LogP contribution < -0.4 is 14.8 Å². The zero-order valence-corrected chi connectivity index (χ0v) is 20.3. The summed E-state index contributed by atoms with van der Waals surface area (Å²) in [6, 6.07) is 6.39. The van der Waals surface area contributed by atoms with E-state index in [-0.39, 0.29) is 17.4 Å². The number of benzene rings is 1. The Bertz CT molecular complexity index is 939. The minimum Gasteiger partial charge on any atom is -0.493 e. The molecular formula is C26H36N2O6. The summed E-state index contributed by atoms with van der Waals surface area (Å²) in [6.45, 7) is 1.50. The third-order valence-electron chi connectivity index (χ3n) is 8.08. The number of carbonyl (C=O) groups excluding carboxylic acids is 1. The van der Waals surface area contributed by atoms with E-state index in [0.717, 1.165) is 38.0 Å². The van der Waals surface area contributed by atoms with Crippen LogP contribution in [-0.4, -0.2) is 62.5 Å². The monoisotopic (exact) mass is 472 g/mol. The van der Waals surface area contributed by atoms with Crippen LogP contribution in [0.3, 0.4) is 0 Å². The number of nitrogens with one attached hydrogen (secondary N) is 1. The number of fused-ring (bicyclic) bond motifs is 1. The molecule has 1 heterocycles. The second-order valence-corrected chi connectivity index (χ2v) is 9.88. The van der Waals surface area contributed by atoms with Gasteiger partial charge in [-0.1, -0.05) is 6.07 Å². The molecule has 0 radical (unpaired) electrons. The van der Waals surface area contributed by atoms with Crippen molar-refractivity contribution in [2.24, 2.45) is 11.8 Å². The van der Waals surface area contributed by atoms with Crippen molar-refractivity contribution in [3.8, 4) is 11.5 Å². The van der Waals surface area contributed by atoms with Gasteiger partial charge in [0, 0.05) is 24.4 Å². The van der Waals surface area contributed by atoms with Crippen molar-refractivity contribution in [1.29, 1.82) is 0 Å². The minimum atomic E-state index is -0.712. The molecule has 3 aliphatic rings. The molecule has 186 valence electrons. The van der Waals surface area contributed by atoms with Crippen molar-refractivity contribution in [2.75, 3.05) is 34.4 Å². The molecule has 1 saturated heterocycles. The van der Waals surface area contributed by atoms with Crippen LogP contribution in [-0.2, 0) is 14.9 Å². The van der Waals surface area contributed by atoms with Gasteiger partial charge >= 0.3 is 12.1 Å². The molecule has 1 amide bonds. The standard InChI is InChI=1S/C26H36N2O6/c1-28-13-12-26(19-8-9-21(32-2)22(14-19)33-3)11-10-20(15-23(26)28)34-25(31)27-16-17-4-6-18(7-5-17)24(29)30/h8-10,14,17-18,23H,4-7,11-13,15-16H2,1-3H3,(H,27,31)(H,29,30)/t17?,18?,23-,26-/m0/s1. The summed E-state index contributed by atoms with van der Waals surface area (Å²) in [5.41, 5.74) is 1.16. The topological polar surface area (TPSA) is 97.3 Å². The number of allylic oxidation sites excluding steroid dienone is 1. The van der Waals surface area contributed by atoms with Gasteiger partial charge in [-0.05, 0) is 81.8 Å². The molecule has 0 unspecified atom stereocenters. The molecule has 2 aliphatic carbocycles. The zero-order chi connectivity index (χ0) is 24.3. The summed E-state index contributed by atoms with van der Waals surface area (Å²) in [5.74, 6) is 1.50. The molecular weight excluding hydrogens is 436 g/mol. The predicted molar refractivity (Wildman–Crippen MR) is 127 cm³/mol. The second kappa shape index (κ2) is 10.3. The molecule has 1 aromatic rings. The van der Waals surface area contributed by atoms with Gasteiger partial charge < -0.3 is 29.5 Å². The van der Waals surface area contributed by atoms with Crippen molar-refractivity contribution in [3.05, 3.63) is 35.6 Å². The lowest BCUT2D eigenvalue weighted by molar-refractivity contribution is -0.143. The van der Waals surface area contributed by atoms with E-state index in [9.17, 15) is 9.59 Å². The third kappa shape index (κ3) is 4.87. The minimum absolute atomic E-state index is 0.0551. The van der Waals surface area contributed by atoms with Crippen LogP contribution >= 0.6 is 0 Å². The molecule has 2 fully saturated rings. The fraction of sp³-hybridized carbons (Fsp3) is 0.615. The van der Waals surface area contributed by atoms with Crippen LogP contribution in [0, 0.1) is 11.8 Å². The number of aliphatic carboxylic acids is 1. The fourth-order valence-electron chi connectivity index (χ4n) is 5.96. The summed E-state index contributed by atoms with van der Waals surface area (Å²) >= 11 is 0. The number of carbonyl (C=O) groups is 2. The molecule has 8 nitrogen and oxygen atoms in total. The summed E-state index contributed by atoms with van der Waals surface area (Å²) < 4.78 is 16.7. The van der Waals surface area contributed by atoms with Gasteiger partial charge in [0.25, 0.3) is 0 Å². The maximum absolute atomic E-state index is 12.5. The van der Waals surface area contributed by atoms with Crippen LogP contribution in [0.15, 0.2) is 30.0 Å². The van der Waals surface area contributed by atoms with Crippen LogP contribution in [0.4, 0.5) is 4.79 Å². The van der Waals surface area contributed by atoms with E-state index in [1.165, 1.54) is 5.56 Å². The van der Waals surface area contributed by atoms with E-state index in [4.69, 9.17) is 19.3 Å². The number of carboxylic acid groups (broad SMARTS) is 1. The summed E-state index contributed by atoms with van der Waals surface area (Å²) in [7, 11) is 5.42. The highest BCUT2D eigenvalue weighted by Crippen LogP contribution is 2.49. The maximum Gasteiger partial charge on any atom is 0.412 e. The van der Waals surface area contributed by atoms with Crippen LogP contribution in [0.1, 0.15) is 50.5 Å². The zero-order valence-electron chi connectivity index (χ0n) is 20.3. The summed E-state index contributed by atoms with van der Waals surface area (Å²) in [4.78, 5) is 26.0. The van der Waals surface area contributed by atoms with Gasteiger partial charge in [-0.25, -0.2) is 4.79 Å². The molecule has 34 heavy (non-hydrogen) atoms. The highest BCUT2D eigenvalue weighted by Gasteiger charge is 2.49. The Morgan fingerprint density at radius 2 is 1.88 bits per heavy atom. The first-order valence-electron chi connectivity index (χ1n) is 12.2. The van der Waals surface area contributed by atoms with Crippen molar-refractivity contribution in [3.63, 3.8) is 0 Å². The Morgan fingerprint density at radius 3 is 2.56 bits per heavy atom. The number of carboxylic acids is 1. The van der Waals surface area contributed by atoms with Crippen molar-refractivity contribution in [2.45, 2.75) is 56.4 Å². The van der Waals surface area contributed by atoms with Gasteiger partial charge in [-0.2, -0.15) is 0 Å². The van der Waals surface area contributed by atoms with Gasteiger partial charge in [0.1, 0.15) is 5.76 Å². The second-order valence-electron chi connectivity index (χ2n) is 9.88. The number of methoxy groups -OCH3 is 2. The molecule has 1 aromatic carbocycles. The lowest BCUT2D eigenvalue weighted by Gasteiger charge is -2.40. The molecule has 0 aromatic heterocycles. The van der Waals surface area contributed by atoms with Gasteiger partial charge in [0.05, 0.1) is 20.1 Å². The Hall–Kier alpha value is -2.74. The molecule has 1 aliphatic heterocycles. The highest BCUT2D eigenvalue weighted by atomic mass is 16.6. The predicted octanol–water partition coefficient (Wildman–Crippen LogP) is 3.94. The van der Waals surface area contributed by atoms with E-state index >= 15 is 0 Å². The Morgan fingerprint density at radius 1 is 1.15 bits per heavy atom. The Labute approximate surface area is 201 Å². The number of alkyl carbamates (subject to hydrolysis) is 1. The molecule has 0 spiro atoms. The van der Waals surface area contributed by atoms with E-state index in [1.807, 2.05) is 6.07 Å². The number of amides is 1. The third-order valence-corrected chi connectivity index (χ3v) is 8.08. The SMILES string of the molecule is COc1ccc([C@@]23CC=C(OC(=O)NCC4CCC(C(=O)O)CC4)C[C@@H]2N(C)CC3)cc1OC. The molecule has 2 atom stereocenters. The average molecular weight is 473 g/mol. The van der Waals surface area contributed by atoms with E-state index in [1.54, 1.807) is 14.2 Å². The molecule has 1 saturated carbocycles. The number of likely N-dealkylation sites (N-methyl/N-ethyl adjacent to an activating group) is 1. The number of hydrogen-bond donors (Lipinski definition) is 2. The molecule has 0 bridgehead atoms. The lowest BCUT2D eigenvalue weighted by atomic mass is 9.68. The van der Waals surface area contributed by atoms with Crippen molar-refractivity contribution >= 4 is 12.1 Å². The van der Waals surface area contributed by atoms with E-state index in [2.05, 4.69) is 35.5 Å². The summed E-state index contributed by atoms with van der Waals surface area (Å²) in [6.07, 6.45) is 7.11. The van der Waals surface area contributed by atoms with Gasteiger partial charge in [-0.3, -0.25) is 4.79 Å². The number of rotatable bonds is 7. The van der Waals surface area contributed by atoms with Crippen molar-refractivity contribution in [1.82, 2.24) is 10.2 Å². The van der Waals surface area contributed by atoms with Gasteiger partial charge in [0.2, 0.25) is 0 Å². The quantitative estimate of drug-likeness (QED) is 0.620. The van der Waals surface area contributed by atoms with Crippen LogP contribution in [0.25, 0.3) is 0 Å². The Balaban J connectivity index is 1.38. The van der Waals surface area contributed by atoms with Crippen LogP contribution in [0.2, 0.25) is 0 Å². The first kappa shape index (κ1) is 24.4. The first-order chi connectivity index (χ1) is 16.4. The molecule has 2 N–H and O–H groups in total. The van der Waals surface area contributed by atoms with Gasteiger partial charge in [0.15, 0.2) is 11.5 Å². The fourth-order valence-corrected chi connectivity index (χ4v) is 5.96. The van der Waals surface area contributed by atoms with Gasteiger partial charge in [-0.15, -0.1) is 0 Å². The lowest BCUT2D eigenvalue weighted by Crippen LogP contribution is -2.44. The average Bonchev–Trinajstić information content (AvgIpc) is 3.19. The number of hydrogen-bond acceptors (Lipinski definition) is 6. The summed E-state index contributed by atoms with van der Waals surface area (Å²) in [5, 5.41) is 12.0. The van der Waals surface area contributed by atoms with E-state index in [0.29, 0.717) is 43.2 Å².